The van der Waals surface area contributed by atoms with Crippen LogP contribution >= 0.6 is 23.4 Å². The molecule has 0 aliphatic carbocycles. The van der Waals surface area contributed by atoms with Crippen LogP contribution in [0.5, 0.6) is 0 Å². The third-order valence-corrected chi connectivity index (χ3v) is 5.53. The molecule has 0 N–H and O–H groups in total. The zero-order valence-corrected chi connectivity index (χ0v) is 16.4. The smallest absolute Gasteiger partial charge is 0.247 e. The minimum Gasteiger partial charge on any atom is -0.419 e. The predicted octanol–water partition coefficient (Wildman–Crippen LogP) is 5.44. The number of pyridine rings is 1. The molecule has 0 spiro atoms. The van der Waals surface area contributed by atoms with Crippen LogP contribution in [0.1, 0.15) is 40.4 Å². The molecule has 0 bridgehead atoms. The first kappa shape index (κ1) is 18.4. The summed E-state index contributed by atoms with van der Waals surface area (Å²) in [5.41, 5.74) is 4.28. The topological polar surface area (TPSA) is 75.6 Å². The van der Waals surface area contributed by atoms with E-state index in [-0.39, 0.29) is 5.25 Å². The van der Waals surface area contributed by atoms with Gasteiger partial charge in [-0.25, -0.2) is 4.98 Å². The quantitative estimate of drug-likeness (QED) is 0.558. The van der Waals surface area contributed by atoms with E-state index >= 15 is 0 Å². The minimum absolute atomic E-state index is 0.142. The molecule has 0 fully saturated rings. The van der Waals surface area contributed by atoms with E-state index in [1.165, 1.54) is 11.8 Å². The van der Waals surface area contributed by atoms with Gasteiger partial charge in [0.05, 0.1) is 10.8 Å². The molecule has 0 radical (unpaired) electrons. The van der Waals surface area contributed by atoms with Gasteiger partial charge in [0.25, 0.3) is 0 Å². The first-order chi connectivity index (χ1) is 12.4. The fourth-order valence-electron chi connectivity index (χ4n) is 2.48. The van der Waals surface area contributed by atoms with Crippen molar-refractivity contribution in [2.24, 2.45) is 0 Å². The average molecular weight is 385 g/mol. The van der Waals surface area contributed by atoms with Gasteiger partial charge in [-0.1, -0.05) is 29.4 Å². The zero-order chi connectivity index (χ0) is 18.8. The molecule has 0 saturated heterocycles. The summed E-state index contributed by atoms with van der Waals surface area (Å²) >= 11 is 7.45. The van der Waals surface area contributed by atoms with Crippen LogP contribution in [0.2, 0.25) is 5.02 Å². The molecule has 3 rings (SSSR count). The largest absolute Gasteiger partial charge is 0.419 e. The van der Waals surface area contributed by atoms with E-state index in [1.807, 2.05) is 39.8 Å². The number of nitriles is 1. The minimum atomic E-state index is -0.142. The van der Waals surface area contributed by atoms with E-state index in [0.717, 1.165) is 22.4 Å². The van der Waals surface area contributed by atoms with Gasteiger partial charge in [0.15, 0.2) is 0 Å². The van der Waals surface area contributed by atoms with Crippen molar-refractivity contribution in [1.29, 1.82) is 5.26 Å². The Balaban J connectivity index is 1.88. The molecular weight excluding hydrogens is 368 g/mol. The van der Waals surface area contributed by atoms with E-state index in [9.17, 15) is 5.26 Å². The van der Waals surface area contributed by atoms with Crippen LogP contribution in [0.3, 0.4) is 0 Å². The molecule has 1 unspecified atom stereocenters. The van der Waals surface area contributed by atoms with Crippen LogP contribution in [0.25, 0.3) is 11.5 Å². The van der Waals surface area contributed by atoms with E-state index in [1.54, 1.807) is 12.1 Å². The molecule has 0 aliphatic heterocycles. The number of nitrogens with zero attached hydrogens (tertiary/aromatic N) is 4. The van der Waals surface area contributed by atoms with Gasteiger partial charge in [0.2, 0.25) is 11.8 Å². The fraction of sp³-hybridized carbons (Fsp3) is 0.263. The Morgan fingerprint density at radius 1 is 1.19 bits per heavy atom. The lowest BCUT2D eigenvalue weighted by Crippen LogP contribution is -2.00. The molecule has 132 valence electrons. The Morgan fingerprint density at radius 2 is 1.96 bits per heavy atom. The van der Waals surface area contributed by atoms with Crippen molar-refractivity contribution in [2.45, 2.75) is 38.0 Å². The lowest BCUT2D eigenvalue weighted by molar-refractivity contribution is 0.509. The van der Waals surface area contributed by atoms with Crippen LogP contribution < -0.4 is 0 Å². The van der Waals surface area contributed by atoms with E-state index < -0.39 is 0 Å². The summed E-state index contributed by atoms with van der Waals surface area (Å²) in [4.78, 5) is 4.58. The maximum atomic E-state index is 9.51. The Morgan fingerprint density at radius 3 is 2.65 bits per heavy atom. The number of halogens is 1. The highest BCUT2D eigenvalue weighted by Gasteiger charge is 2.20. The van der Waals surface area contributed by atoms with Crippen molar-refractivity contribution in [1.82, 2.24) is 15.2 Å². The van der Waals surface area contributed by atoms with Crippen LogP contribution in [-0.2, 0) is 0 Å². The zero-order valence-electron chi connectivity index (χ0n) is 14.9. The molecule has 0 saturated carbocycles. The highest BCUT2D eigenvalue weighted by molar-refractivity contribution is 7.99. The lowest BCUT2D eigenvalue weighted by atomic mass is 10.1. The van der Waals surface area contributed by atoms with Crippen LogP contribution in [0.15, 0.2) is 33.7 Å². The summed E-state index contributed by atoms with van der Waals surface area (Å²) in [5.74, 6) is 0.895. The fourth-order valence-corrected chi connectivity index (χ4v) is 3.71. The molecule has 2 aromatic heterocycles. The summed E-state index contributed by atoms with van der Waals surface area (Å²) < 4.78 is 5.80. The van der Waals surface area contributed by atoms with E-state index in [4.69, 9.17) is 16.0 Å². The molecule has 1 atom stereocenters. The molecule has 3 aromatic rings. The number of aryl methyl sites for hydroxylation is 1. The van der Waals surface area contributed by atoms with Crippen LogP contribution in [-0.4, -0.2) is 15.2 Å². The lowest BCUT2D eigenvalue weighted by Gasteiger charge is -2.13. The van der Waals surface area contributed by atoms with Gasteiger partial charge in [0, 0.05) is 16.3 Å². The van der Waals surface area contributed by atoms with Crippen molar-refractivity contribution < 1.29 is 4.42 Å². The van der Waals surface area contributed by atoms with Gasteiger partial charge in [-0.2, -0.15) is 5.26 Å². The maximum absolute atomic E-state index is 9.51. The number of aromatic nitrogens is 3. The summed E-state index contributed by atoms with van der Waals surface area (Å²) in [5, 5.41) is 18.9. The molecule has 7 heteroatoms. The van der Waals surface area contributed by atoms with Crippen LogP contribution in [0, 0.1) is 32.1 Å². The maximum Gasteiger partial charge on any atom is 0.247 e. The number of benzene rings is 1. The predicted molar refractivity (Wildman–Crippen MR) is 102 cm³/mol. The number of hydrogen-bond donors (Lipinski definition) is 0. The second-order valence-electron chi connectivity index (χ2n) is 5.96. The standard InChI is InChI=1S/C19H17ClN4OS/c1-10-11(2)16(9-21)19(22-12(10)3)26-13(4)17-23-24-18(25-17)14-6-5-7-15(20)8-14/h5-8,13H,1-4H3. The average Bonchev–Trinajstić information content (AvgIpc) is 3.10. The van der Waals surface area contributed by atoms with E-state index in [0.29, 0.717) is 27.4 Å². The van der Waals surface area contributed by atoms with Gasteiger partial charge in [0.1, 0.15) is 11.1 Å². The number of thioether (sulfide) groups is 1. The molecule has 5 nitrogen and oxygen atoms in total. The Bertz CT molecular complexity index is 1010. The Kier molecular flexibility index (Phi) is 5.30. The van der Waals surface area contributed by atoms with Crippen molar-refractivity contribution in [3.8, 4) is 17.5 Å². The van der Waals surface area contributed by atoms with E-state index in [2.05, 4.69) is 21.3 Å². The first-order valence-corrected chi connectivity index (χ1v) is 9.30. The molecular formula is C19H17ClN4OS. The summed E-state index contributed by atoms with van der Waals surface area (Å²) in [7, 11) is 0. The number of rotatable bonds is 4. The summed E-state index contributed by atoms with van der Waals surface area (Å²) in [6.45, 7) is 7.82. The van der Waals surface area contributed by atoms with Crippen molar-refractivity contribution in [3.63, 3.8) is 0 Å². The van der Waals surface area contributed by atoms with Crippen molar-refractivity contribution in [3.05, 3.63) is 57.6 Å². The van der Waals surface area contributed by atoms with Crippen molar-refractivity contribution >= 4 is 23.4 Å². The second-order valence-corrected chi connectivity index (χ2v) is 7.72. The monoisotopic (exact) mass is 384 g/mol. The van der Waals surface area contributed by atoms with Gasteiger partial charge in [-0.15, -0.1) is 10.2 Å². The third-order valence-electron chi connectivity index (χ3n) is 4.22. The summed E-state index contributed by atoms with van der Waals surface area (Å²) in [6.07, 6.45) is 0. The van der Waals surface area contributed by atoms with Gasteiger partial charge in [-0.05, 0) is 57.0 Å². The van der Waals surface area contributed by atoms with Gasteiger partial charge >= 0.3 is 0 Å². The van der Waals surface area contributed by atoms with Gasteiger partial charge in [-0.3, -0.25) is 0 Å². The second kappa shape index (κ2) is 7.48. The SMILES string of the molecule is Cc1nc(SC(C)c2nnc(-c3cccc(Cl)c3)o2)c(C#N)c(C)c1C. The Hall–Kier alpha value is -2.36. The van der Waals surface area contributed by atoms with Crippen molar-refractivity contribution in [2.75, 3.05) is 0 Å². The summed E-state index contributed by atoms with van der Waals surface area (Å²) in [6, 6.07) is 9.53. The molecule has 0 aliphatic rings. The number of hydrogen-bond acceptors (Lipinski definition) is 6. The highest BCUT2D eigenvalue weighted by atomic mass is 35.5. The normalized spacial score (nSPS) is 12.0. The molecule has 26 heavy (non-hydrogen) atoms. The van der Waals surface area contributed by atoms with Crippen LogP contribution in [0.4, 0.5) is 0 Å². The third kappa shape index (κ3) is 3.59. The highest BCUT2D eigenvalue weighted by Crippen LogP contribution is 2.37. The van der Waals surface area contributed by atoms with Gasteiger partial charge < -0.3 is 4.42 Å². The molecule has 0 amide bonds. The Labute approximate surface area is 161 Å². The molecule has 2 heterocycles. The molecule has 1 aromatic carbocycles. The first-order valence-electron chi connectivity index (χ1n) is 8.04.